The van der Waals surface area contributed by atoms with Crippen LogP contribution in [0.25, 0.3) is 0 Å². The third-order valence-electron chi connectivity index (χ3n) is 4.64. The smallest absolute Gasteiger partial charge is 0.247 e. The summed E-state index contributed by atoms with van der Waals surface area (Å²) in [5, 5.41) is 8.35. The van der Waals surface area contributed by atoms with E-state index in [9.17, 15) is 0 Å². The first kappa shape index (κ1) is 15.3. The molecule has 2 aliphatic heterocycles. The second-order valence-corrected chi connectivity index (χ2v) is 6.10. The Balaban J connectivity index is 1.49. The fourth-order valence-corrected chi connectivity index (χ4v) is 3.20. The normalized spacial score (nSPS) is 19.6. The molecule has 2 fully saturated rings. The quantitative estimate of drug-likeness (QED) is 0.854. The molecule has 0 N–H and O–H groups in total. The topological polar surface area (TPSA) is 63.6 Å². The minimum Gasteiger partial charge on any atom is -0.347 e. The molecular weight excluding hydrogens is 306 g/mol. The minimum absolute atomic E-state index is 0.387. The van der Waals surface area contributed by atoms with Gasteiger partial charge >= 0.3 is 0 Å². The van der Waals surface area contributed by atoms with Crippen molar-refractivity contribution in [2.24, 2.45) is 0 Å². The lowest BCUT2D eigenvalue weighted by Gasteiger charge is -2.37. The molecule has 126 valence electrons. The van der Waals surface area contributed by atoms with Crippen molar-refractivity contribution in [1.29, 1.82) is 0 Å². The SMILES string of the molecule is CN(c1ccccc1)c1cnnc(N2CCC3(CC2)OCCO3)n1. The van der Waals surface area contributed by atoms with Crippen LogP contribution in [0, 0.1) is 0 Å². The Morgan fingerprint density at radius 1 is 1.08 bits per heavy atom. The van der Waals surface area contributed by atoms with E-state index in [-0.39, 0.29) is 5.79 Å². The third kappa shape index (κ3) is 2.92. The van der Waals surface area contributed by atoms with Gasteiger partial charge in [-0.25, -0.2) is 0 Å². The van der Waals surface area contributed by atoms with Crippen LogP contribution < -0.4 is 9.80 Å². The number of ether oxygens (including phenoxy) is 2. The second kappa shape index (κ2) is 6.33. The van der Waals surface area contributed by atoms with E-state index < -0.39 is 0 Å². The number of hydrogen-bond donors (Lipinski definition) is 0. The fraction of sp³-hybridized carbons (Fsp3) is 0.471. The zero-order chi connectivity index (χ0) is 16.4. The van der Waals surface area contributed by atoms with E-state index in [2.05, 4.69) is 20.1 Å². The highest BCUT2D eigenvalue weighted by Crippen LogP contribution is 2.32. The molecule has 7 heteroatoms. The largest absolute Gasteiger partial charge is 0.347 e. The van der Waals surface area contributed by atoms with Crippen molar-refractivity contribution in [1.82, 2.24) is 15.2 Å². The molecule has 0 saturated carbocycles. The van der Waals surface area contributed by atoms with Gasteiger partial charge < -0.3 is 19.3 Å². The van der Waals surface area contributed by atoms with Crippen LogP contribution in [0.5, 0.6) is 0 Å². The van der Waals surface area contributed by atoms with Gasteiger partial charge in [0, 0.05) is 38.7 Å². The zero-order valence-electron chi connectivity index (χ0n) is 13.8. The van der Waals surface area contributed by atoms with Crippen molar-refractivity contribution in [2.75, 3.05) is 43.2 Å². The van der Waals surface area contributed by atoms with E-state index in [4.69, 9.17) is 9.47 Å². The molecule has 2 saturated heterocycles. The number of rotatable bonds is 3. The molecule has 0 amide bonds. The summed E-state index contributed by atoms with van der Waals surface area (Å²) < 4.78 is 11.5. The molecule has 1 aromatic heterocycles. The summed E-state index contributed by atoms with van der Waals surface area (Å²) >= 11 is 0. The Labute approximate surface area is 141 Å². The Morgan fingerprint density at radius 3 is 2.50 bits per heavy atom. The second-order valence-electron chi connectivity index (χ2n) is 6.10. The van der Waals surface area contributed by atoms with Crippen molar-refractivity contribution in [3.8, 4) is 0 Å². The van der Waals surface area contributed by atoms with Gasteiger partial charge in [0.15, 0.2) is 11.6 Å². The van der Waals surface area contributed by atoms with E-state index in [1.54, 1.807) is 6.20 Å². The van der Waals surface area contributed by atoms with Crippen molar-refractivity contribution in [3.05, 3.63) is 36.5 Å². The van der Waals surface area contributed by atoms with Gasteiger partial charge in [0.2, 0.25) is 5.95 Å². The highest BCUT2D eigenvalue weighted by Gasteiger charge is 2.40. The maximum absolute atomic E-state index is 5.77. The molecule has 4 rings (SSSR count). The summed E-state index contributed by atoms with van der Waals surface area (Å²) in [4.78, 5) is 8.84. The van der Waals surface area contributed by atoms with Crippen LogP contribution in [0.4, 0.5) is 17.5 Å². The number of piperidine rings is 1. The number of anilines is 3. The van der Waals surface area contributed by atoms with Gasteiger partial charge in [-0.1, -0.05) is 18.2 Å². The molecule has 0 atom stereocenters. The van der Waals surface area contributed by atoms with E-state index in [0.717, 1.165) is 37.4 Å². The Hall–Kier alpha value is -2.25. The van der Waals surface area contributed by atoms with E-state index in [1.807, 2.05) is 42.3 Å². The van der Waals surface area contributed by atoms with Crippen molar-refractivity contribution >= 4 is 17.5 Å². The van der Waals surface area contributed by atoms with Crippen LogP contribution in [0.2, 0.25) is 0 Å². The lowest BCUT2D eigenvalue weighted by Crippen LogP contribution is -2.45. The van der Waals surface area contributed by atoms with Crippen LogP contribution in [0.1, 0.15) is 12.8 Å². The molecule has 2 aliphatic rings. The number of hydrogen-bond acceptors (Lipinski definition) is 7. The van der Waals surface area contributed by atoms with Gasteiger partial charge in [0.1, 0.15) is 0 Å². The van der Waals surface area contributed by atoms with Gasteiger partial charge in [-0.3, -0.25) is 0 Å². The molecule has 0 radical (unpaired) electrons. The predicted molar refractivity (Wildman–Crippen MR) is 90.4 cm³/mol. The summed E-state index contributed by atoms with van der Waals surface area (Å²) in [6, 6.07) is 10.1. The zero-order valence-corrected chi connectivity index (χ0v) is 13.8. The monoisotopic (exact) mass is 327 g/mol. The minimum atomic E-state index is -0.387. The molecule has 0 aliphatic carbocycles. The molecule has 0 unspecified atom stereocenters. The van der Waals surface area contributed by atoms with Crippen LogP contribution in [-0.4, -0.2) is 54.3 Å². The molecule has 7 nitrogen and oxygen atoms in total. The molecule has 3 heterocycles. The van der Waals surface area contributed by atoms with Crippen molar-refractivity contribution < 1.29 is 9.47 Å². The maximum Gasteiger partial charge on any atom is 0.247 e. The number of benzene rings is 1. The summed E-state index contributed by atoms with van der Waals surface area (Å²) in [7, 11) is 1.98. The Morgan fingerprint density at radius 2 is 1.79 bits per heavy atom. The first-order valence-electron chi connectivity index (χ1n) is 8.27. The van der Waals surface area contributed by atoms with Gasteiger partial charge in [0.25, 0.3) is 0 Å². The first-order valence-corrected chi connectivity index (χ1v) is 8.27. The van der Waals surface area contributed by atoms with Gasteiger partial charge in [-0.2, -0.15) is 10.1 Å². The molecule has 0 bridgehead atoms. The molecule has 1 aromatic carbocycles. The van der Waals surface area contributed by atoms with Gasteiger partial charge in [-0.05, 0) is 12.1 Å². The first-order chi connectivity index (χ1) is 11.8. The highest BCUT2D eigenvalue weighted by atomic mass is 16.7. The van der Waals surface area contributed by atoms with E-state index in [1.165, 1.54) is 0 Å². The number of nitrogens with zero attached hydrogens (tertiary/aromatic N) is 5. The average Bonchev–Trinajstić information content (AvgIpc) is 3.10. The predicted octanol–water partition coefficient (Wildman–Crippen LogP) is 1.98. The molecule has 24 heavy (non-hydrogen) atoms. The average molecular weight is 327 g/mol. The van der Waals surface area contributed by atoms with Crippen LogP contribution in [-0.2, 0) is 9.47 Å². The summed E-state index contributed by atoms with van der Waals surface area (Å²) in [5.74, 6) is 1.05. The number of aromatic nitrogens is 3. The highest BCUT2D eigenvalue weighted by molar-refractivity contribution is 5.58. The number of para-hydroxylation sites is 1. The summed E-state index contributed by atoms with van der Waals surface area (Å²) in [5.41, 5.74) is 1.06. The Bertz CT molecular complexity index is 680. The summed E-state index contributed by atoms with van der Waals surface area (Å²) in [6.45, 7) is 2.99. The van der Waals surface area contributed by atoms with Crippen molar-refractivity contribution in [3.63, 3.8) is 0 Å². The van der Waals surface area contributed by atoms with Crippen LogP contribution >= 0.6 is 0 Å². The maximum atomic E-state index is 5.77. The van der Waals surface area contributed by atoms with E-state index in [0.29, 0.717) is 19.2 Å². The third-order valence-corrected chi connectivity index (χ3v) is 4.64. The lowest BCUT2D eigenvalue weighted by molar-refractivity contribution is -0.169. The molecule has 2 aromatic rings. The van der Waals surface area contributed by atoms with E-state index >= 15 is 0 Å². The van der Waals surface area contributed by atoms with Gasteiger partial charge in [0.05, 0.1) is 19.4 Å². The molecular formula is C17H21N5O2. The Kier molecular flexibility index (Phi) is 4.03. The van der Waals surface area contributed by atoms with Gasteiger partial charge in [-0.15, -0.1) is 5.10 Å². The van der Waals surface area contributed by atoms with Crippen molar-refractivity contribution in [2.45, 2.75) is 18.6 Å². The fourth-order valence-electron chi connectivity index (χ4n) is 3.20. The summed E-state index contributed by atoms with van der Waals surface area (Å²) in [6.07, 6.45) is 3.34. The molecule has 1 spiro atoms. The van der Waals surface area contributed by atoms with Crippen LogP contribution in [0.15, 0.2) is 36.5 Å². The van der Waals surface area contributed by atoms with Crippen LogP contribution in [0.3, 0.4) is 0 Å². The lowest BCUT2D eigenvalue weighted by atomic mass is 10.0. The standard InChI is InChI=1S/C17H21N5O2/c1-21(14-5-3-2-4-6-14)15-13-18-20-16(19-15)22-9-7-17(8-10-22)23-11-12-24-17/h2-6,13H,7-12H2,1H3.